The van der Waals surface area contributed by atoms with Gasteiger partial charge in [-0.1, -0.05) is 72.6 Å². The summed E-state index contributed by atoms with van der Waals surface area (Å²) in [4.78, 5) is 164. The van der Waals surface area contributed by atoms with E-state index in [9.17, 15) is 57.5 Å². The van der Waals surface area contributed by atoms with Gasteiger partial charge in [0.2, 0.25) is 47.8 Å². The third-order valence-electron chi connectivity index (χ3n) is 16.8. The van der Waals surface area contributed by atoms with E-state index in [1.807, 2.05) is 6.92 Å². The molecule has 0 saturated carbocycles. The van der Waals surface area contributed by atoms with E-state index >= 15 is 0 Å². The molecule has 0 bridgehead atoms. The van der Waals surface area contributed by atoms with Gasteiger partial charge < -0.3 is 68.4 Å². The quantitative estimate of drug-likeness (QED) is 0.0180. The van der Waals surface area contributed by atoms with Gasteiger partial charge in [-0.05, 0) is 107 Å². The third-order valence-corrected chi connectivity index (χ3v) is 16.8. The topological polar surface area (TPSA) is 388 Å². The monoisotopic (exact) mass is 1390 g/mol. The minimum atomic E-state index is -1.45. The second-order valence-electron chi connectivity index (χ2n) is 26.5. The zero-order chi connectivity index (χ0) is 73.6. The Labute approximate surface area is 586 Å². The molecule has 98 heavy (non-hydrogen) atoms. The number of primary amides is 1. The molecule has 28 heteroatoms. The molecule has 8 amide bonds. The first-order chi connectivity index (χ1) is 46.7. The van der Waals surface area contributed by atoms with Gasteiger partial charge >= 0.3 is 11.9 Å². The number of hydrogen-bond donors (Lipinski definition) is 12. The molecule has 28 nitrogen and oxygen atoms in total. The van der Waals surface area contributed by atoms with Crippen molar-refractivity contribution < 1.29 is 67.0 Å². The Morgan fingerprint density at radius 2 is 0.847 bits per heavy atom. The minimum absolute atomic E-state index is 0.000751. The van der Waals surface area contributed by atoms with Crippen LogP contribution in [-0.4, -0.2) is 222 Å². The number of nitrogens with two attached hydrogens (primary N) is 1. The number of hydrogen-bond acceptors (Lipinski definition) is 20. The lowest BCUT2D eigenvalue weighted by atomic mass is 9.88. The highest BCUT2D eigenvalue weighted by Gasteiger charge is 2.34. The van der Waals surface area contributed by atoms with Gasteiger partial charge in [0.1, 0.15) is 31.2 Å². The van der Waals surface area contributed by atoms with E-state index in [-0.39, 0.29) is 90.0 Å². The average Bonchev–Trinajstić information content (AvgIpc) is 0.929. The Morgan fingerprint density at radius 1 is 0.418 bits per heavy atom. The standard InChI is InChI=1S/C70H132N14O14/c1-13-17-20-22-29-76-63(89)46-58(82-64(90)44-54(16-4)68(94)79-30-23-21-18-14-2)60(87)43-55(69(95)80-38-34-72-31-35-74-59(67(71)93)47-97-65(91)26-24-39-83(50(5)6)51(7)8)41-57(86)42-56(70(96)78-28-19-15-3)45-62(88)77-37-33-73-32-36-75-61(81-49-85)48-98-66(92)27-25-40-84(52(9)10)53(11)12/h49-56,58-59,61,72-75H,13-48H2,1-12H3,(H2,71,93)(H,76,89)(H,77,88)(H,78,96)(H,79,94)(H,80,95)(H,81,85)(H,82,90). The van der Waals surface area contributed by atoms with Gasteiger partial charge in [-0.2, -0.15) is 0 Å². The molecule has 0 heterocycles. The molecule has 0 aromatic heterocycles. The predicted octanol–water partition coefficient (Wildman–Crippen LogP) is 2.92. The molecule has 0 aromatic rings. The highest BCUT2D eigenvalue weighted by Crippen LogP contribution is 2.20. The summed E-state index contributed by atoms with van der Waals surface area (Å²) in [5.74, 6) is -9.39. The highest BCUT2D eigenvalue weighted by atomic mass is 16.5. The number of amides is 8. The van der Waals surface area contributed by atoms with E-state index in [1.165, 1.54) is 0 Å². The summed E-state index contributed by atoms with van der Waals surface area (Å²) in [7, 11) is 0. The van der Waals surface area contributed by atoms with Crippen LogP contribution >= 0.6 is 0 Å². The van der Waals surface area contributed by atoms with Crippen molar-refractivity contribution in [1.82, 2.24) is 68.3 Å². The Kier molecular flexibility index (Phi) is 53.9. The van der Waals surface area contributed by atoms with Crippen LogP contribution in [0.25, 0.3) is 0 Å². The van der Waals surface area contributed by atoms with Crippen molar-refractivity contribution >= 4 is 71.3 Å². The molecule has 566 valence electrons. The fourth-order valence-corrected chi connectivity index (χ4v) is 11.1. The average molecular weight is 1390 g/mol. The highest BCUT2D eigenvalue weighted by molar-refractivity contribution is 5.98. The Hall–Kier alpha value is -6.20. The SMILES string of the molecule is CCCCCCNC(=O)CC(NC(=O)CC(CC)C(=O)NCCCCCC)C(=O)CC(CC(=O)CC(CC(=O)NCCNCCNC(COC(=O)CCCN(C(C)C)C(C)C)NC=O)C(=O)NCCCC)C(=O)NCCNCCNC(COC(=O)CCCN(C(C)C)C(C)C)C(N)=O. The molecule has 6 atom stereocenters. The normalized spacial score (nSPS) is 13.3. The van der Waals surface area contributed by atoms with Gasteiger partial charge in [0.05, 0.1) is 24.3 Å². The molecular weight excluding hydrogens is 1260 g/mol. The summed E-state index contributed by atoms with van der Waals surface area (Å²) >= 11 is 0. The third kappa shape index (κ3) is 46.2. The van der Waals surface area contributed by atoms with Crippen LogP contribution in [0.4, 0.5) is 0 Å². The molecule has 0 aromatic carbocycles. The van der Waals surface area contributed by atoms with Crippen molar-refractivity contribution in [2.45, 2.75) is 260 Å². The Balaban J connectivity index is 6.38. The van der Waals surface area contributed by atoms with Crippen molar-refractivity contribution in [3.63, 3.8) is 0 Å². The number of carbonyl (C=O) groups excluding carboxylic acids is 12. The molecule has 0 radical (unpaired) electrons. The first-order valence-corrected chi connectivity index (χ1v) is 36.6. The summed E-state index contributed by atoms with van der Waals surface area (Å²) in [5.41, 5.74) is 5.62. The number of ether oxygens (including phenoxy) is 2. The van der Waals surface area contributed by atoms with Crippen molar-refractivity contribution in [2.75, 3.05) is 98.3 Å². The first kappa shape index (κ1) is 91.8. The summed E-state index contributed by atoms with van der Waals surface area (Å²) in [6.07, 6.45) is 7.70. The lowest BCUT2D eigenvalue weighted by molar-refractivity contribution is -0.146. The maximum Gasteiger partial charge on any atom is 0.305 e. The first-order valence-electron chi connectivity index (χ1n) is 36.6. The van der Waals surface area contributed by atoms with Crippen LogP contribution in [0.1, 0.15) is 218 Å². The maximum absolute atomic E-state index is 14.6. The van der Waals surface area contributed by atoms with Crippen LogP contribution in [0.15, 0.2) is 0 Å². The van der Waals surface area contributed by atoms with E-state index in [0.717, 1.165) is 57.9 Å². The van der Waals surface area contributed by atoms with Crippen LogP contribution < -0.4 is 64.2 Å². The summed E-state index contributed by atoms with van der Waals surface area (Å²) in [6, 6.07) is -1.11. The zero-order valence-electron chi connectivity index (χ0n) is 62.0. The molecule has 0 spiro atoms. The fourth-order valence-electron chi connectivity index (χ4n) is 11.1. The molecule has 0 saturated heterocycles. The van der Waals surface area contributed by atoms with E-state index in [4.69, 9.17) is 15.2 Å². The molecule has 0 fully saturated rings. The molecule has 0 aliphatic carbocycles. The fraction of sp³-hybridized carbons (Fsp3) is 0.829. The van der Waals surface area contributed by atoms with Crippen molar-refractivity contribution in [1.29, 1.82) is 0 Å². The molecule has 13 N–H and O–H groups in total. The lowest BCUT2D eigenvalue weighted by Crippen LogP contribution is -2.48. The smallest absolute Gasteiger partial charge is 0.305 e. The van der Waals surface area contributed by atoms with Gasteiger partial charge in [0.15, 0.2) is 5.78 Å². The van der Waals surface area contributed by atoms with Crippen LogP contribution in [0.2, 0.25) is 0 Å². The Morgan fingerprint density at radius 3 is 1.35 bits per heavy atom. The number of nitrogens with zero attached hydrogens (tertiary/aromatic N) is 2. The number of carbonyl (C=O) groups is 12. The number of rotatable bonds is 64. The second-order valence-corrected chi connectivity index (χ2v) is 26.5. The summed E-state index contributed by atoms with van der Waals surface area (Å²) in [5, 5.41) is 31.8. The second kappa shape index (κ2) is 57.5. The molecule has 0 aliphatic rings. The number of esters is 2. The van der Waals surface area contributed by atoms with E-state index in [1.54, 1.807) is 6.92 Å². The number of ketones is 2. The minimum Gasteiger partial charge on any atom is -0.463 e. The molecule has 0 aliphatic heterocycles. The van der Waals surface area contributed by atoms with Gasteiger partial charge in [-0.25, -0.2) is 0 Å². The van der Waals surface area contributed by atoms with Gasteiger partial charge in [-0.15, -0.1) is 0 Å². The van der Waals surface area contributed by atoms with Gasteiger partial charge in [-0.3, -0.25) is 72.7 Å². The van der Waals surface area contributed by atoms with Crippen LogP contribution in [0.3, 0.4) is 0 Å². The molecular formula is C70H132N14O14. The largest absolute Gasteiger partial charge is 0.463 e. The Bertz CT molecular complexity index is 2280. The summed E-state index contributed by atoms with van der Waals surface area (Å²) < 4.78 is 10.8. The lowest BCUT2D eigenvalue weighted by Gasteiger charge is -2.30. The summed E-state index contributed by atoms with van der Waals surface area (Å²) in [6.45, 7) is 28.7. The van der Waals surface area contributed by atoms with E-state index in [0.29, 0.717) is 102 Å². The van der Waals surface area contributed by atoms with Gasteiger partial charge in [0, 0.05) is 147 Å². The van der Waals surface area contributed by atoms with Crippen LogP contribution in [-0.2, 0) is 67.0 Å². The van der Waals surface area contributed by atoms with E-state index < -0.39 is 115 Å². The predicted molar refractivity (Wildman–Crippen MR) is 381 cm³/mol. The van der Waals surface area contributed by atoms with Crippen molar-refractivity contribution in [3.8, 4) is 0 Å². The zero-order valence-corrected chi connectivity index (χ0v) is 62.0. The van der Waals surface area contributed by atoms with E-state index in [2.05, 4.69) is 138 Å². The maximum atomic E-state index is 14.6. The molecule has 6 unspecified atom stereocenters. The van der Waals surface area contributed by atoms with Crippen LogP contribution in [0, 0.1) is 17.8 Å². The number of unbranched alkanes of at least 4 members (excludes halogenated alkanes) is 7. The van der Waals surface area contributed by atoms with Crippen molar-refractivity contribution in [3.05, 3.63) is 0 Å². The molecule has 0 rings (SSSR count). The van der Waals surface area contributed by atoms with Crippen LogP contribution in [0.5, 0.6) is 0 Å². The number of nitrogens with one attached hydrogen (secondary N) is 11. The number of Topliss-reactive ketones (excluding diaryl/α,β-unsaturated/α-hetero) is 2. The van der Waals surface area contributed by atoms with Gasteiger partial charge in [0.25, 0.3) is 0 Å². The van der Waals surface area contributed by atoms with Crippen molar-refractivity contribution in [2.24, 2.45) is 23.5 Å².